The molecular weight excluding hydrogens is 250 g/mol. The Morgan fingerprint density at radius 2 is 2.47 bits per heavy atom. The van der Waals surface area contributed by atoms with Gasteiger partial charge in [0.25, 0.3) is 0 Å². The van der Waals surface area contributed by atoms with Crippen LogP contribution >= 0.6 is 0 Å². The van der Waals surface area contributed by atoms with Crippen LogP contribution in [0.5, 0.6) is 0 Å². The first-order valence-electron chi connectivity index (χ1n) is 6.41. The van der Waals surface area contributed by atoms with Crippen molar-refractivity contribution >= 4 is 11.5 Å². The minimum absolute atomic E-state index is 0.0221. The second kappa shape index (κ2) is 5.98. The van der Waals surface area contributed by atoms with Crippen LogP contribution in [0, 0.1) is 17.0 Å². The summed E-state index contributed by atoms with van der Waals surface area (Å²) in [7, 11) is 0. The molecule has 1 fully saturated rings. The average Bonchev–Trinajstić information content (AvgIpc) is 2.73. The first-order valence-corrected chi connectivity index (χ1v) is 6.41. The summed E-state index contributed by atoms with van der Waals surface area (Å²) in [5.74, 6) is 0.458. The third-order valence-corrected chi connectivity index (χ3v) is 3.08. The van der Waals surface area contributed by atoms with Crippen molar-refractivity contribution in [2.45, 2.75) is 26.5 Å². The number of anilines is 1. The lowest BCUT2D eigenvalue weighted by atomic mass is 10.3. The lowest BCUT2D eigenvalue weighted by Gasteiger charge is -2.24. The summed E-state index contributed by atoms with van der Waals surface area (Å²) in [5, 5.41) is 21.6. The van der Waals surface area contributed by atoms with Crippen molar-refractivity contribution in [3.05, 3.63) is 15.8 Å². The lowest BCUT2D eigenvalue weighted by Crippen LogP contribution is -2.42. The minimum atomic E-state index is -0.392. The average molecular weight is 269 g/mol. The number of hydrogen-bond acceptors (Lipinski definition) is 6. The molecule has 1 atom stereocenters. The van der Waals surface area contributed by atoms with Crippen LogP contribution in [0.1, 0.15) is 12.6 Å². The van der Waals surface area contributed by atoms with Crippen LogP contribution in [0.2, 0.25) is 0 Å². The fraction of sp³-hybridized carbons (Fsp3) is 0.727. The van der Waals surface area contributed by atoms with Crippen LogP contribution in [0.4, 0.5) is 11.5 Å². The van der Waals surface area contributed by atoms with Gasteiger partial charge in [0, 0.05) is 26.2 Å². The third-order valence-electron chi connectivity index (χ3n) is 3.08. The minimum Gasteiger partial charge on any atom is -0.374 e. The van der Waals surface area contributed by atoms with Crippen LogP contribution < -0.4 is 10.6 Å². The largest absolute Gasteiger partial charge is 0.374 e. The Morgan fingerprint density at radius 1 is 1.68 bits per heavy atom. The molecule has 0 aromatic carbocycles. The quantitative estimate of drug-likeness (QED) is 0.598. The lowest BCUT2D eigenvalue weighted by molar-refractivity contribution is -0.384. The van der Waals surface area contributed by atoms with E-state index in [1.807, 2.05) is 6.92 Å². The molecule has 2 rings (SSSR count). The number of rotatable bonds is 5. The van der Waals surface area contributed by atoms with E-state index in [-0.39, 0.29) is 11.8 Å². The Hall–Kier alpha value is -1.67. The molecule has 8 heteroatoms. The number of ether oxygens (including phenoxy) is 1. The second-order valence-corrected chi connectivity index (χ2v) is 4.43. The molecule has 8 nitrogen and oxygen atoms in total. The van der Waals surface area contributed by atoms with Gasteiger partial charge in [-0.25, -0.2) is 4.68 Å². The molecule has 106 valence electrons. The molecular formula is C11H19N5O3. The molecule has 1 aliphatic heterocycles. The van der Waals surface area contributed by atoms with Crippen molar-refractivity contribution in [1.29, 1.82) is 0 Å². The Kier molecular flexibility index (Phi) is 4.33. The van der Waals surface area contributed by atoms with Gasteiger partial charge < -0.3 is 15.4 Å². The van der Waals surface area contributed by atoms with E-state index < -0.39 is 4.92 Å². The second-order valence-electron chi connectivity index (χ2n) is 4.43. The smallest absolute Gasteiger partial charge is 0.333 e. The molecule has 2 heterocycles. The molecule has 1 aliphatic rings. The standard InChI is InChI=1S/C11H19N5O3/c1-3-15-11(10(16(17)18)8(2)14-15)13-7-9-6-12-4-5-19-9/h9,12-13H,3-7H2,1-2H3. The van der Waals surface area contributed by atoms with E-state index in [0.717, 1.165) is 13.1 Å². The highest BCUT2D eigenvalue weighted by molar-refractivity contribution is 5.59. The maximum absolute atomic E-state index is 11.1. The predicted octanol–water partition coefficient (Wildman–Crippen LogP) is 0.520. The van der Waals surface area contributed by atoms with Crippen molar-refractivity contribution in [2.75, 3.05) is 31.6 Å². The van der Waals surface area contributed by atoms with E-state index in [4.69, 9.17) is 4.74 Å². The Bertz CT molecular complexity index is 453. The number of nitrogens with zero attached hydrogens (tertiary/aromatic N) is 3. The zero-order valence-corrected chi connectivity index (χ0v) is 11.2. The number of aromatic nitrogens is 2. The van der Waals surface area contributed by atoms with E-state index in [1.54, 1.807) is 11.6 Å². The predicted molar refractivity (Wildman–Crippen MR) is 70.4 cm³/mol. The summed E-state index contributed by atoms with van der Waals surface area (Å²) in [6.07, 6.45) is 0.0221. The zero-order chi connectivity index (χ0) is 13.8. The number of aryl methyl sites for hydroxylation is 2. The summed E-state index contributed by atoms with van der Waals surface area (Å²) in [6.45, 7) is 6.93. The van der Waals surface area contributed by atoms with Crippen molar-refractivity contribution in [1.82, 2.24) is 15.1 Å². The fourth-order valence-electron chi connectivity index (χ4n) is 2.16. The summed E-state index contributed by atoms with van der Waals surface area (Å²) >= 11 is 0. The van der Waals surface area contributed by atoms with Crippen LogP contribution in [-0.4, -0.2) is 47.0 Å². The number of hydrogen-bond donors (Lipinski definition) is 2. The molecule has 2 N–H and O–H groups in total. The SMILES string of the molecule is CCn1nc(C)c([N+](=O)[O-])c1NCC1CNCCO1. The molecule has 0 bridgehead atoms. The van der Waals surface area contributed by atoms with Crippen molar-refractivity contribution in [3.8, 4) is 0 Å². The highest BCUT2D eigenvalue weighted by atomic mass is 16.6. The maximum atomic E-state index is 11.1. The van der Waals surface area contributed by atoms with Gasteiger partial charge in [-0.2, -0.15) is 5.10 Å². The monoisotopic (exact) mass is 269 g/mol. The van der Waals surface area contributed by atoms with Gasteiger partial charge in [0.1, 0.15) is 5.69 Å². The van der Waals surface area contributed by atoms with Crippen LogP contribution in [-0.2, 0) is 11.3 Å². The van der Waals surface area contributed by atoms with Gasteiger partial charge in [-0.1, -0.05) is 0 Å². The fourth-order valence-corrected chi connectivity index (χ4v) is 2.16. The first kappa shape index (κ1) is 13.8. The summed E-state index contributed by atoms with van der Waals surface area (Å²) in [5.41, 5.74) is 0.475. The van der Waals surface area contributed by atoms with Crippen LogP contribution in [0.25, 0.3) is 0 Å². The molecule has 1 aromatic heterocycles. The highest BCUT2D eigenvalue weighted by Gasteiger charge is 2.25. The third kappa shape index (κ3) is 3.02. The number of nitro groups is 1. The summed E-state index contributed by atoms with van der Waals surface area (Å²) < 4.78 is 7.17. The van der Waals surface area contributed by atoms with Gasteiger partial charge in [0.15, 0.2) is 0 Å². The van der Waals surface area contributed by atoms with E-state index >= 15 is 0 Å². The highest BCUT2D eigenvalue weighted by Crippen LogP contribution is 2.28. The molecule has 1 aromatic rings. The van der Waals surface area contributed by atoms with Crippen LogP contribution in [0.3, 0.4) is 0 Å². The summed E-state index contributed by atoms with van der Waals surface area (Å²) in [6, 6.07) is 0. The topological polar surface area (TPSA) is 94.2 Å². The maximum Gasteiger partial charge on any atom is 0.333 e. The Labute approximate surface area is 111 Å². The Morgan fingerprint density at radius 3 is 3.05 bits per heavy atom. The van der Waals surface area contributed by atoms with E-state index in [2.05, 4.69) is 15.7 Å². The molecule has 0 saturated carbocycles. The zero-order valence-electron chi connectivity index (χ0n) is 11.2. The van der Waals surface area contributed by atoms with Gasteiger partial charge in [0.05, 0.1) is 17.6 Å². The van der Waals surface area contributed by atoms with Crippen molar-refractivity contribution in [3.63, 3.8) is 0 Å². The van der Waals surface area contributed by atoms with E-state index in [0.29, 0.717) is 31.2 Å². The van der Waals surface area contributed by atoms with E-state index in [9.17, 15) is 10.1 Å². The van der Waals surface area contributed by atoms with Crippen molar-refractivity contribution < 1.29 is 9.66 Å². The molecule has 0 radical (unpaired) electrons. The van der Waals surface area contributed by atoms with E-state index in [1.165, 1.54) is 0 Å². The van der Waals surface area contributed by atoms with Gasteiger partial charge in [0.2, 0.25) is 5.82 Å². The first-order chi connectivity index (χ1) is 9.13. The number of morpholine rings is 1. The van der Waals surface area contributed by atoms with Crippen molar-refractivity contribution in [2.24, 2.45) is 0 Å². The molecule has 0 spiro atoms. The molecule has 0 aliphatic carbocycles. The van der Waals surface area contributed by atoms with Gasteiger partial charge in [-0.3, -0.25) is 10.1 Å². The van der Waals surface area contributed by atoms with Crippen LogP contribution in [0.15, 0.2) is 0 Å². The van der Waals surface area contributed by atoms with Gasteiger partial charge in [-0.15, -0.1) is 0 Å². The molecule has 1 saturated heterocycles. The molecule has 1 unspecified atom stereocenters. The summed E-state index contributed by atoms with van der Waals surface area (Å²) in [4.78, 5) is 10.7. The van der Waals surface area contributed by atoms with Gasteiger partial charge >= 0.3 is 5.69 Å². The molecule has 19 heavy (non-hydrogen) atoms. The normalized spacial score (nSPS) is 19.4. The Balaban J connectivity index is 2.11. The number of nitrogens with one attached hydrogen (secondary N) is 2. The van der Waals surface area contributed by atoms with Gasteiger partial charge in [-0.05, 0) is 13.8 Å². The molecule has 0 amide bonds.